The van der Waals surface area contributed by atoms with Gasteiger partial charge in [0, 0.05) is 16.6 Å². The van der Waals surface area contributed by atoms with Gasteiger partial charge in [0.25, 0.3) is 5.91 Å². The van der Waals surface area contributed by atoms with Crippen molar-refractivity contribution in [1.82, 2.24) is 10.6 Å². The third kappa shape index (κ3) is 4.05. The number of ether oxygens (including phenoxy) is 1. The predicted octanol–water partition coefficient (Wildman–Crippen LogP) is 2.54. The van der Waals surface area contributed by atoms with Crippen molar-refractivity contribution < 1.29 is 9.53 Å². The van der Waals surface area contributed by atoms with E-state index in [2.05, 4.69) is 26.6 Å². The molecule has 0 aromatic heterocycles. The van der Waals surface area contributed by atoms with E-state index in [-0.39, 0.29) is 5.91 Å². The second-order valence-electron chi connectivity index (χ2n) is 3.99. The number of rotatable bonds is 5. The zero-order valence-electron chi connectivity index (χ0n) is 10.7. The Morgan fingerprint density at radius 3 is 3.00 bits per heavy atom. The van der Waals surface area contributed by atoms with Crippen molar-refractivity contribution >= 4 is 56.2 Å². The van der Waals surface area contributed by atoms with Gasteiger partial charge in [-0.25, -0.2) is 0 Å². The summed E-state index contributed by atoms with van der Waals surface area (Å²) in [7, 11) is 1.87. The molecule has 0 radical (unpaired) electrons. The highest BCUT2D eigenvalue weighted by Gasteiger charge is 2.22. The van der Waals surface area contributed by atoms with Crippen LogP contribution in [0.3, 0.4) is 0 Å². The van der Waals surface area contributed by atoms with Crippen LogP contribution in [0, 0.1) is 0 Å². The Kier molecular flexibility index (Phi) is 5.59. The molecule has 7 heteroatoms. The summed E-state index contributed by atoms with van der Waals surface area (Å²) in [6, 6.07) is 5.70. The number of carbonyl (C=O) groups is 1. The van der Waals surface area contributed by atoms with E-state index in [1.165, 1.54) is 11.8 Å². The van der Waals surface area contributed by atoms with E-state index in [1.807, 2.05) is 25.2 Å². The Morgan fingerprint density at radius 1 is 1.55 bits per heavy atom. The summed E-state index contributed by atoms with van der Waals surface area (Å²) in [4.78, 5) is 12.3. The first-order valence-corrected chi connectivity index (χ1v) is 7.93. The molecule has 4 nitrogen and oxygen atoms in total. The Hall–Kier alpha value is -0.890. The minimum atomic E-state index is -0.166. The lowest BCUT2D eigenvalue weighted by molar-refractivity contribution is -0.115. The van der Waals surface area contributed by atoms with Gasteiger partial charge in [0.2, 0.25) is 0 Å². The average Bonchev–Trinajstić information content (AvgIpc) is 2.71. The van der Waals surface area contributed by atoms with Gasteiger partial charge in [-0.1, -0.05) is 39.9 Å². The molecule has 1 aromatic carbocycles. The lowest BCUT2D eigenvalue weighted by Crippen LogP contribution is -2.17. The number of thiocarbonyl (C=S) groups is 1. The molecular formula is C13H13BrN2O2S2. The SMILES string of the molecule is CNCCOc1ccc(Br)cc1C=C1SC(=S)NC1=O. The van der Waals surface area contributed by atoms with Crippen LogP contribution in [-0.2, 0) is 4.79 Å². The van der Waals surface area contributed by atoms with Crippen molar-refractivity contribution in [1.29, 1.82) is 0 Å². The average molecular weight is 373 g/mol. The molecule has 0 aliphatic carbocycles. The molecule has 1 aromatic rings. The van der Waals surface area contributed by atoms with Crippen LogP contribution in [0.25, 0.3) is 6.08 Å². The van der Waals surface area contributed by atoms with Gasteiger partial charge in [-0.15, -0.1) is 0 Å². The summed E-state index contributed by atoms with van der Waals surface area (Å²) < 4.78 is 7.11. The molecule has 1 amide bonds. The molecule has 0 saturated carbocycles. The van der Waals surface area contributed by atoms with Gasteiger partial charge in [-0.2, -0.15) is 0 Å². The van der Waals surface area contributed by atoms with Crippen molar-refractivity contribution in [2.24, 2.45) is 0 Å². The molecule has 0 atom stereocenters. The Morgan fingerprint density at radius 2 is 2.35 bits per heavy atom. The molecule has 0 spiro atoms. The normalized spacial score (nSPS) is 16.6. The number of halogens is 1. The predicted molar refractivity (Wildman–Crippen MR) is 89.9 cm³/mol. The maximum atomic E-state index is 11.7. The van der Waals surface area contributed by atoms with Gasteiger partial charge < -0.3 is 15.4 Å². The fourth-order valence-corrected chi connectivity index (χ4v) is 3.00. The fourth-order valence-electron chi connectivity index (χ4n) is 1.59. The van der Waals surface area contributed by atoms with Crippen molar-refractivity contribution in [2.45, 2.75) is 0 Å². The van der Waals surface area contributed by atoms with Crippen LogP contribution in [0.4, 0.5) is 0 Å². The molecule has 1 aliphatic rings. The fraction of sp³-hybridized carbons (Fsp3) is 0.231. The Bertz CT molecular complexity index is 575. The number of hydrogen-bond donors (Lipinski definition) is 2. The quantitative estimate of drug-likeness (QED) is 0.472. The Labute approximate surface area is 135 Å². The van der Waals surface area contributed by atoms with Crippen molar-refractivity contribution in [3.63, 3.8) is 0 Å². The highest BCUT2D eigenvalue weighted by Crippen LogP contribution is 2.31. The lowest BCUT2D eigenvalue weighted by Gasteiger charge is -2.09. The van der Waals surface area contributed by atoms with Crippen LogP contribution in [0.2, 0.25) is 0 Å². The van der Waals surface area contributed by atoms with Gasteiger partial charge in [0.05, 0.1) is 4.91 Å². The summed E-state index contributed by atoms with van der Waals surface area (Å²) in [6.45, 7) is 1.32. The molecule has 2 rings (SSSR count). The summed E-state index contributed by atoms with van der Waals surface area (Å²) in [5.41, 5.74) is 0.845. The molecule has 106 valence electrons. The van der Waals surface area contributed by atoms with Crippen LogP contribution in [-0.4, -0.2) is 30.4 Å². The van der Waals surface area contributed by atoms with Gasteiger partial charge in [-0.3, -0.25) is 4.79 Å². The van der Waals surface area contributed by atoms with Crippen LogP contribution in [0.1, 0.15) is 5.56 Å². The number of likely N-dealkylation sites (N-methyl/N-ethyl adjacent to an activating group) is 1. The highest BCUT2D eigenvalue weighted by molar-refractivity contribution is 9.10. The summed E-state index contributed by atoms with van der Waals surface area (Å²) in [5.74, 6) is 0.573. The summed E-state index contributed by atoms with van der Waals surface area (Å²) in [6.07, 6.45) is 1.79. The standard InChI is InChI=1S/C13H13BrN2O2S2/c1-15-4-5-18-10-3-2-9(14)6-8(10)7-11-12(17)16-13(19)20-11/h2-3,6-7,15H,4-5H2,1H3,(H,16,17,19). The van der Waals surface area contributed by atoms with E-state index in [0.29, 0.717) is 15.8 Å². The van der Waals surface area contributed by atoms with Crippen LogP contribution < -0.4 is 15.4 Å². The molecule has 20 heavy (non-hydrogen) atoms. The topological polar surface area (TPSA) is 50.4 Å². The number of carbonyl (C=O) groups excluding carboxylic acids is 1. The zero-order valence-corrected chi connectivity index (χ0v) is 14.0. The van der Waals surface area contributed by atoms with Gasteiger partial charge in [0.1, 0.15) is 16.7 Å². The van der Waals surface area contributed by atoms with Gasteiger partial charge in [-0.05, 0) is 31.3 Å². The van der Waals surface area contributed by atoms with Crippen LogP contribution in [0.15, 0.2) is 27.6 Å². The number of amides is 1. The van der Waals surface area contributed by atoms with Crippen molar-refractivity contribution in [2.75, 3.05) is 20.2 Å². The van der Waals surface area contributed by atoms with E-state index in [9.17, 15) is 4.79 Å². The Balaban J connectivity index is 2.25. The minimum absolute atomic E-state index is 0.166. The van der Waals surface area contributed by atoms with E-state index in [4.69, 9.17) is 17.0 Å². The van der Waals surface area contributed by atoms with E-state index in [1.54, 1.807) is 6.08 Å². The first-order valence-electron chi connectivity index (χ1n) is 5.92. The third-order valence-electron chi connectivity index (χ3n) is 2.51. The van der Waals surface area contributed by atoms with Crippen molar-refractivity contribution in [3.05, 3.63) is 33.1 Å². The first-order chi connectivity index (χ1) is 9.60. The second kappa shape index (κ2) is 7.21. The first kappa shape index (κ1) is 15.5. The molecule has 1 aliphatic heterocycles. The monoisotopic (exact) mass is 372 g/mol. The number of benzene rings is 1. The maximum Gasteiger partial charge on any atom is 0.263 e. The summed E-state index contributed by atoms with van der Waals surface area (Å²) in [5, 5.41) is 5.62. The highest BCUT2D eigenvalue weighted by atomic mass is 79.9. The molecule has 1 saturated heterocycles. The van der Waals surface area contributed by atoms with Crippen molar-refractivity contribution in [3.8, 4) is 5.75 Å². The molecule has 0 bridgehead atoms. The van der Waals surface area contributed by atoms with Gasteiger partial charge >= 0.3 is 0 Å². The smallest absolute Gasteiger partial charge is 0.263 e. The second-order valence-corrected chi connectivity index (χ2v) is 6.62. The lowest BCUT2D eigenvalue weighted by atomic mass is 10.2. The van der Waals surface area contributed by atoms with E-state index < -0.39 is 0 Å². The molecule has 2 N–H and O–H groups in total. The van der Waals surface area contributed by atoms with E-state index in [0.717, 1.165) is 22.3 Å². The molecule has 1 fully saturated rings. The van der Waals surface area contributed by atoms with Crippen LogP contribution in [0.5, 0.6) is 5.75 Å². The molecular weight excluding hydrogens is 360 g/mol. The van der Waals surface area contributed by atoms with E-state index >= 15 is 0 Å². The summed E-state index contributed by atoms with van der Waals surface area (Å²) >= 11 is 9.66. The minimum Gasteiger partial charge on any atom is -0.492 e. The van der Waals surface area contributed by atoms with Crippen LogP contribution >= 0.6 is 39.9 Å². The number of thioether (sulfide) groups is 1. The zero-order chi connectivity index (χ0) is 14.5. The third-order valence-corrected chi connectivity index (χ3v) is 4.17. The maximum absolute atomic E-state index is 11.7. The van der Waals surface area contributed by atoms with Gasteiger partial charge in [0.15, 0.2) is 0 Å². The molecule has 1 heterocycles. The largest absolute Gasteiger partial charge is 0.492 e. The molecule has 0 unspecified atom stereocenters. The number of hydrogen-bond acceptors (Lipinski definition) is 5. The number of nitrogens with one attached hydrogen (secondary N) is 2.